The highest BCUT2D eigenvalue weighted by molar-refractivity contribution is 6.30. The van der Waals surface area contributed by atoms with E-state index in [0.29, 0.717) is 27.9 Å². The number of nitrogens with zero attached hydrogens (tertiary/aromatic N) is 2. The molecule has 2 aromatic carbocycles. The second kappa shape index (κ2) is 8.26. The van der Waals surface area contributed by atoms with Gasteiger partial charge in [-0.15, -0.1) is 0 Å². The predicted molar refractivity (Wildman–Crippen MR) is 115 cm³/mol. The van der Waals surface area contributed by atoms with Crippen LogP contribution in [0.5, 0.6) is 0 Å². The molecule has 0 atom stereocenters. The molecule has 7 nitrogen and oxygen atoms in total. The third kappa shape index (κ3) is 4.26. The Morgan fingerprint density at radius 2 is 1.70 bits per heavy atom. The molecule has 2 aromatic heterocycles. The van der Waals surface area contributed by atoms with Gasteiger partial charge < -0.3 is 15.1 Å². The summed E-state index contributed by atoms with van der Waals surface area (Å²) >= 11 is 5.99. The van der Waals surface area contributed by atoms with E-state index < -0.39 is 5.91 Å². The van der Waals surface area contributed by atoms with Gasteiger partial charge in [0.2, 0.25) is 5.91 Å². The van der Waals surface area contributed by atoms with Crippen molar-refractivity contribution in [3.05, 3.63) is 83.7 Å². The molecule has 0 spiro atoms. The van der Waals surface area contributed by atoms with Gasteiger partial charge in [-0.25, -0.2) is 4.68 Å². The van der Waals surface area contributed by atoms with E-state index in [-0.39, 0.29) is 11.6 Å². The molecule has 0 fully saturated rings. The number of halogens is 1. The van der Waals surface area contributed by atoms with Crippen molar-refractivity contribution >= 4 is 34.8 Å². The number of rotatable bonds is 5. The molecule has 4 aromatic rings. The molecule has 2 amide bonds. The van der Waals surface area contributed by atoms with Crippen molar-refractivity contribution in [3.63, 3.8) is 0 Å². The second-order valence-corrected chi connectivity index (χ2v) is 6.93. The minimum Gasteiger partial charge on any atom is -0.463 e. The highest BCUT2D eigenvalue weighted by atomic mass is 35.5. The van der Waals surface area contributed by atoms with Crippen molar-refractivity contribution in [2.75, 3.05) is 10.6 Å². The van der Waals surface area contributed by atoms with Crippen molar-refractivity contribution in [2.24, 2.45) is 0 Å². The van der Waals surface area contributed by atoms with E-state index in [0.717, 1.165) is 5.69 Å². The van der Waals surface area contributed by atoms with Crippen molar-refractivity contribution in [3.8, 4) is 17.1 Å². The number of carbonyl (C=O) groups is 2. The van der Waals surface area contributed by atoms with Crippen LogP contribution in [0.1, 0.15) is 17.4 Å². The number of benzene rings is 2. The average Bonchev–Trinajstić information content (AvgIpc) is 3.38. The summed E-state index contributed by atoms with van der Waals surface area (Å²) in [5, 5.41) is 10.5. The van der Waals surface area contributed by atoms with Crippen LogP contribution >= 0.6 is 11.6 Å². The molecule has 0 saturated heterocycles. The third-order valence-corrected chi connectivity index (χ3v) is 4.48. The van der Waals surface area contributed by atoms with E-state index in [9.17, 15) is 9.59 Å². The molecule has 8 heteroatoms. The summed E-state index contributed by atoms with van der Waals surface area (Å²) in [6.07, 6.45) is 1.56. The Balaban J connectivity index is 1.66. The normalized spacial score (nSPS) is 10.6. The third-order valence-electron chi connectivity index (χ3n) is 4.23. The van der Waals surface area contributed by atoms with Crippen LogP contribution in [0.25, 0.3) is 17.1 Å². The van der Waals surface area contributed by atoms with Crippen molar-refractivity contribution in [1.29, 1.82) is 0 Å². The highest BCUT2D eigenvalue weighted by Crippen LogP contribution is 2.26. The van der Waals surface area contributed by atoms with Gasteiger partial charge >= 0.3 is 0 Å². The molecule has 30 heavy (non-hydrogen) atoms. The zero-order chi connectivity index (χ0) is 21.1. The van der Waals surface area contributed by atoms with Crippen LogP contribution in [-0.2, 0) is 4.79 Å². The molecule has 0 radical (unpaired) electrons. The van der Waals surface area contributed by atoms with Crippen LogP contribution in [0.2, 0.25) is 5.02 Å². The monoisotopic (exact) mass is 420 g/mol. The van der Waals surface area contributed by atoms with Crippen LogP contribution in [0.15, 0.2) is 77.4 Å². The zero-order valence-electron chi connectivity index (χ0n) is 15.9. The molecule has 2 N–H and O–H groups in total. The first-order chi connectivity index (χ1) is 14.5. The Hall–Kier alpha value is -3.84. The number of nitrogens with one attached hydrogen (secondary N) is 2. The van der Waals surface area contributed by atoms with Gasteiger partial charge in [-0.3, -0.25) is 9.59 Å². The smallest absolute Gasteiger partial charge is 0.276 e. The van der Waals surface area contributed by atoms with E-state index in [2.05, 4.69) is 15.7 Å². The van der Waals surface area contributed by atoms with Gasteiger partial charge in [0.25, 0.3) is 5.91 Å². The fourth-order valence-electron chi connectivity index (χ4n) is 2.94. The highest BCUT2D eigenvalue weighted by Gasteiger charge is 2.18. The summed E-state index contributed by atoms with van der Waals surface area (Å²) in [4.78, 5) is 24.1. The molecular formula is C22H17ClN4O3. The topological polar surface area (TPSA) is 89.2 Å². The number of hydrogen-bond donors (Lipinski definition) is 2. The number of amides is 2. The van der Waals surface area contributed by atoms with Crippen LogP contribution in [0.4, 0.5) is 11.4 Å². The summed E-state index contributed by atoms with van der Waals surface area (Å²) in [6, 6.07) is 19.2. The second-order valence-electron chi connectivity index (χ2n) is 6.50. The van der Waals surface area contributed by atoms with Gasteiger partial charge in [0.05, 0.1) is 12.0 Å². The molecule has 4 rings (SSSR count). The molecule has 0 saturated carbocycles. The Morgan fingerprint density at radius 1 is 0.967 bits per heavy atom. The maximum absolute atomic E-state index is 12.8. The first-order valence-electron chi connectivity index (χ1n) is 9.08. The summed E-state index contributed by atoms with van der Waals surface area (Å²) in [5.74, 6) is -0.0112. The summed E-state index contributed by atoms with van der Waals surface area (Å²) < 4.78 is 7.13. The Morgan fingerprint density at radius 3 is 2.37 bits per heavy atom. The fourth-order valence-corrected chi connectivity index (χ4v) is 3.07. The Labute approximate surface area is 177 Å². The van der Waals surface area contributed by atoms with Crippen molar-refractivity contribution < 1.29 is 14.0 Å². The molecule has 150 valence electrons. The molecule has 0 unspecified atom stereocenters. The van der Waals surface area contributed by atoms with Gasteiger partial charge in [-0.2, -0.15) is 5.10 Å². The summed E-state index contributed by atoms with van der Waals surface area (Å²) in [5.41, 5.74) is 2.69. The number of furan rings is 1. The maximum Gasteiger partial charge on any atom is 0.276 e. The fraction of sp³-hybridized carbons (Fsp3) is 0.0455. The van der Waals surface area contributed by atoms with Gasteiger partial charge in [-0.05, 0) is 54.6 Å². The molecule has 0 aliphatic carbocycles. The van der Waals surface area contributed by atoms with E-state index >= 15 is 0 Å². The van der Waals surface area contributed by atoms with Gasteiger partial charge in [-0.1, -0.05) is 17.7 Å². The maximum atomic E-state index is 12.8. The average molecular weight is 421 g/mol. The number of carbonyl (C=O) groups excluding carboxylic acids is 2. The van der Waals surface area contributed by atoms with Gasteiger partial charge in [0.1, 0.15) is 5.69 Å². The lowest BCUT2D eigenvalue weighted by Gasteiger charge is -2.07. The predicted octanol–water partition coefficient (Wildman–Crippen LogP) is 5.00. The quantitative estimate of drug-likeness (QED) is 0.475. The molecule has 0 aliphatic rings. The first kappa shape index (κ1) is 19.5. The van der Waals surface area contributed by atoms with Crippen LogP contribution in [0, 0.1) is 0 Å². The lowest BCUT2D eigenvalue weighted by molar-refractivity contribution is -0.114. The minimum atomic E-state index is -0.393. The van der Waals surface area contributed by atoms with Crippen LogP contribution in [0.3, 0.4) is 0 Å². The zero-order valence-corrected chi connectivity index (χ0v) is 16.7. The standard InChI is InChI=1S/C22H17ClN4O3/c1-14(28)24-16-4-2-5-17(12-16)25-22(29)19-13-20(21-6-3-11-30-21)27(26-19)18-9-7-15(23)8-10-18/h2-13H,1H3,(H,24,28)(H,25,29). The first-order valence-corrected chi connectivity index (χ1v) is 9.46. The Bertz CT molecular complexity index is 1200. The largest absolute Gasteiger partial charge is 0.463 e. The molecule has 2 heterocycles. The number of anilines is 2. The van der Waals surface area contributed by atoms with Crippen molar-refractivity contribution in [2.45, 2.75) is 6.92 Å². The lowest BCUT2D eigenvalue weighted by atomic mass is 10.2. The van der Waals surface area contributed by atoms with Crippen LogP contribution in [-0.4, -0.2) is 21.6 Å². The SMILES string of the molecule is CC(=O)Nc1cccc(NC(=O)c2cc(-c3ccco3)n(-c3ccc(Cl)cc3)n2)c1. The molecular weight excluding hydrogens is 404 g/mol. The van der Waals surface area contributed by atoms with E-state index in [1.165, 1.54) is 6.92 Å². The Kier molecular flexibility index (Phi) is 5.36. The lowest BCUT2D eigenvalue weighted by Crippen LogP contribution is -2.13. The number of hydrogen-bond acceptors (Lipinski definition) is 4. The summed E-state index contributed by atoms with van der Waals surface area (Å²) in [7, 11) is 0. The van der Waals surface area contributed by atoms with Gasteiger partial charge in [0.15, 0.2) is 11.5 Å². The number of aromatic nitrogens is 2. The molecule has 0 bridgehead atoms. The van der Waals surface area contributed by atoms with E-state index in [4.69, 9.17) is 16.0 Å². The minimum absolute atomic E-state index is 0.191. The van der Waals surface area contributed by atoms with Gasteiger partial charge in [0, 0.05) is 29.4 Å². The van der Waals surface area contributed by atoms with E-state index in [1.807, 2.05) is 0 Å². The molecule has 0 aliphatic heterocycles. The summed E-state index contributed by atoms with van der Waals surface area (Å²) in [6.45, 7) is 1.42. The van der Waals surface area contributed by atoms with E-state index in [1.54, 1.807) is 77.7 Å². The van der Waals surface area contributed by atoms with Crippen molar-refractivity contribution in [1.82, 2.24) is 9.78 Å². The van der Waals surface area contributed by atoms with Crippen LogP contribution < -0.4 is 10.6 Å².